The molecule has 29 heavy (non-hydrogen) atoms. The lowest BCUT2D eigenvalue weighted by molar-refractivity contribution is -0.136. The van der Waals surface area contributed by atoms with E-state index in [-0.39, 0.29) is 5.91 Å². The van der Waals surface area contributed by atoms with Gasteiger partial charge in [0.1, 0.15) is 0 Å². The van der Waals surface area contributed by atoms with Gasteiger partial charge in [0.05, 0.1) is 0 Å². The van der Waals surface area contributed by atoms with Gasteiger partial charge in [0.25, 0.3) is 0 Å². The van der Waals surface area contributed by atoms with E-state index in [1.54, 1.807) is 6.19 Å². The number of carbonyl (C=O) groups excluding carboxylic acids is 1. The first-order valence-electron chi connectivity index (χ1n) is 12.6. The Labute approximate surface area is 178 Å². The molecule has 0 aromatic rings. The Kier molecular flexibility index (Phi) is 6.02. The summed E-state index contributed by atoms with van der Waals surface area (Å²) in [5, 5.41) is 10.9. The molecule has 4 rings (SSSR count). The molecule has 4 aliphatic carbocycles. The average molecular weight is 399 g/mol. The summed E-state index contributed by atoms with van der Waals surface area (Å²) in [6.45, 7) is 7.75. The molecule has 4 fully saturated rings. The van der Waals surface area contributed by atoms with Crippen molar-refractivity contribution in [3.8, 4) is 6.19 Å². The third-order valence-corrected chi connectivity index (χ3v) is 10.6. The first-order chi connectivity index (χ1) is 13.9. The van der Waals surface area contributed by atoms with E-state index in [0.29, 0.717) is 17.3 Å². The zero-order chi connectivity index (χ0) is 20.6. The number of nitrogens with one attached hydrogen (secondary N) is 1. The van der Waals surface area contributed by atoms with Crippen molar-refractivity contribution in [2.75, 3.05) is 0 Å². The van der Waals surface area contributed by atoms with Gasteiger partial charge in [0, 0.05) is 6.42 Å². The lowest BCUT2D eigenvalue weighted by Gasteiger charge is -2.62. The van der Waals surface area contributed by atoms with Crippen LogP contribution in [0.1, 0.15) is 104 Å². The van der Waals surface area contributed by atoms with Gasteiger partial charge in [0.15, 0.2) is 6.19 Å². The summed E-state index contributed by atoms with van der Waals surface area (Å²) >= 11 is 0. The van der Waals surface area contributed by atoms with Crippen molar-refractivity contribution in [3.05, 3.63) is 0 Å². The van der Waals surface area contributed by atoms with E-state index < -0.39 is 0 Å². The largest absolute Gasteiger partial charge is 0.274 e. The third kappa shape index (κ3) is 3.53. The minimum absolute atomic E-state index is 0.106. The van der Waals surface area contributed by atoms with Crippen LogP contribution in [-0.4, -0.2) is 5.91 Å². The Morgan fingerprint density at radius 1 is 1.03 bits per heavy atom. The maximum Gasteiger partial charge on any atom is 0.232 e. The third-order valence-electron chi connectivity index (χ3n) is 10.6. The van der Waals surface area contributed by atoms with Gasteiger partial charge in [-0.1, -0.05) is 40.0 Å². The zero-order valence-corrected chi connectivity index (χ0v) is 19.0. The number of nitrogens with zero attached hydrogens (tertiary/aromatic N) is 1. The summed E-state index contributed by atoms with van der Waals surface area (Å²) in [5.74, 6) is 5.44. The Balaban J connectivity index is 1.47. The van der Waals surface area contributed by atoms with E-state index in [4.69, 9.17) is 5.26 Å². The molecular weight excluding hydrogens is 356 g/mol. The van der Waals surface area contributed by atoms with E-state index in [1.165, 1.54) is 70.6 Å². The molecule has 0 saturated heterocycles. The maximum atomic E-state index is 11.7. The zero-order valence-electron chi connectivity index (χ0n) is 19.0. The van der Waals surface area contributed by atoms with Gasteiger partial charge in [-0.3, -0.25) is 10.1 Å². The van der Waals surface area contributed by atoms with Crippen molar-refractivity contribution in [2.45, 2.75) is 104 Å². The summed E-state index contributed by atoms with van der Waals surface area (Å²) in [4.78, 5) is 11.7. The minimum atomic E-state index is -0.106. The molecule has 3 heteroatoms. The lowest BCUT2D eigenvalue weighted by atomic mass is 9.42. The average Bonchev–Trinajstić information content (AvgIpc) is 3.04. The van der Waals surface area contributed by atoms with E-state index >= 15 is 0 Å². The highest BCUT2D eigenvalue weighted by Gasteiger charge is 2.60. The fourth-order valence-electron chi connectivity index (χ4n) is 9.24. The molecule has 0 heterocycles. The summed E-state index contributed by atoms with van der Waals surface area (Å²) in [7, 11) is 0. The monoisotopic (exact) mass is 398 g/mol. The minimum Gasteiger partial charge on any atom is -0.274 e. The summed E-state index contributed by atoms with van der Waals surface area (Å²) in [6, 6.07) is 0. The topological polar surface area (TPSA) is 52.9 Å². The highest BCUT2D eigenvalue weighted by molar-refractivity contribution is 5.77. The SMILES string of the molecule is CC[C@H]1CC2C3CCC(CCCC(=O)NC#N)C3(C)CC[C@@H]2C2(C)CCCCC12. The molecular formula is C26H42N2O. The van der Waals surface area contributed by atoms with Gasteiger partial charge in [-0.25, -0.2) is 0 Å². The Hall–Kier alpha value is -1.04. The van der Waals surface area contributed by atoms with Crippen molar-refractivity contribution in [2.24, 2.45) is 46.3 Å². The highest BCUT2D eigenvalue weighted by Crippen LogP contribution is 2.69. The Morgan fingerprint density at radius 2 is 1.83 bits per heavy atom. The van der Waals surface area contributed by atoms with Crippen LogP contribution in [-0.2, 0) is 4.79 Å². The van der Waals surface area contributed by atoms with Crippen LogP contribution in [0.5, 0.6) is 0 Å². The Morgan fingerprint density at radius 3 is 2.59 bits per heavy atom. The van der Waals surface area contributed by atoms with Gasteiger partial charge < -0.3 is 0 Å². The van der Waals surface area contributed by atoms with E-state index in [1.807, 2.05) is 0 Å². The second-order valence-electron chi connectivity index (χ2n) is 11.5. The van der Waals surface area contributed by atoms with Gasteiger partial charge in [-0.15, -0.1) is 0 Å². The van der Waals surface area contributed by atoms with Crippen molar-refractivity contribution in [3.63, 3.8) is 0 Å². The maximum absolute atomic E-state index is 11.7. The van der Waals surface area contributed by atoms with Crippen molar-refractivity contribution >= 4 is 5.91 Å². The number of amides is 1. The molecule has 1 N–H and O–H groups in total. The fraction of sp³-hybridized carbons (Fsp3) is 0.923. The first kappa shape index (κ1) is 21.2. The number of carbonyl (C=O) groups is 1. The quantitative estimate of drug-likeness (QED) is 0.428. The standard InChI is InChI=1S/C26H42N2O/c1-4-18-16-20-22-12-11-19(8-7-10-24(29)28-17-27)25(22,2)15-13-23(20)26(3)14-6-5-9-21(18)26/h18-23H,4-16H2,1-3H3,(H,28,29)/t18-,19?,20?,21?,22?,23-,25?,26?/m0/s1. The molecule has 1 amide bonds. The van der Waals surface area contributed by atoms with Gasteiger partial charge in [-0.2, -0.15) is 5.26 Å². The van der Waals surface area contributed by atoms with Crippen molar-refractivity contribution in [1.82, 2.24) is 5.32 Å². The normalized spacial score (nSPS) is 46.1. The first-order valence-corrected chi connectivity index (χ1v) is 12.6. The molecule has 0 radical (unpaired) electrons. The molecule has 0 aromatic carbocycles. The molecule has 0 aromatic heterocycles. The predicted octanol–water partition coefficient (Wildman–Crippen LogP) is 6.44. The second kappa shape index (κ2) is 8.24. The van der Waals surface area contributed by atoms with E-state index in [0.717, 1.165) is 41.9 Å². The number of nitriles is 1. The summed E-state index contributed by atoms with van der Waals surface area (Å²) < 4.78 is 0. The van der Waals surface area contributed by atoms with Gasteiger partial charge in [0.2, 0.25) is 5.91 Å². The van der Waals surface area contributed by atoms with Gasteiger partial charge in [-0.05, 0) is 104 Å². The summed E-state index contributed by atoms with van der Waals surface area (Å²) in [6.07, 6.45) is 18.8. The molecule has 6 unspecified atom stereocenters. The van der Waals surface area contributed by atoms with Crippen LogP contribution in [0.4, 0.5) is 0 Å². The number of rotatable bonds is 5. The van der Waals surface area contributed by atoms with E-state index in [9.17, 15) is 4.79 Å². The smallest absolute Gasteiger partial charge is 0.232 e. The van der Waals surface area contributed by atoms with Crippen molar-refractivity contribution in [1.29, 1.82) is 5.26 Å². The lowest BCUT2D eigenvalue weighted by Crippen LogP contribution is -2.55. The van der Waals surface area contributed by atoms with Crippen molar-refractivity contribution < 1.29 is 4.79 Å². The van der Waals surface area contributed by atoms with Crippen LogP contribution in [0.2, 0.25) is 0 Å². The van der Waals surface area contributed by atoms with Crippen LogP contribution in [0.15, 0.2) is 0 Å². The van der Waals surface area contributed by atoms with E-state index in [2.05, 4.69) is 26.1 Å². The van der Waals surface area contributed by atoms with Crippen LogP contribution in [0.3, 0.4) is 0 Å². The van der Waals surface area contributed by atoms with Gasteiger partial charge >= 0.3 is 0 Å². The fourth-order valence-corrected chi connectivity index (χ4v) is 9.24. The molecule has 0 bridgehead atoms. The molecule has 3 nitrogen and oxygen atoms in total. The molecule has 4 saturated carbocycles. The van der Waals surface area contributed by atoms with Crippen LogP contribution in [0, 0.1) is 57.8 Å². The van der Waals surface area contributed by atoms with Crippen LogP contribution in [0.25, 0.3) is 0 Å². The van der Waals surface area contributed by atoms with Crippen LogP contribution >= 0.6 is 0 Å². The number of fused-ring (bicyclic) bond motifs is 5. The molecule has 162 valence electrons. The molecule has 0 aliphatic heterocycles. The van der Waals surface area contributed by atoms with Crippen LogP contribution < -0.4 is 5.32 Å². The predicted molar refractivity (Wildman–Crippen MR) is 117 cm³/mol. The highest BCUT2D eigenvalue weighted by atomic mass is 16.1. The second-order valence-corrected chi connectivity index (χ2v) is 11.5. The Bertz CT molecular complexity index is 654. The number of hydrogen-bond donors (Lipinski definition) is 1. The molecule has 0 spiro atoms. The number of hydrogen-bond acceptors (Lipinski definition) is 2. The summed E-state index contributed by atoms with van der Waals surface area (Å²) in [5.41, 5.74) is 1.10. The molecule has 4 aliphatic rings. The molecule has 8 atom stereocenters.